The molecule has 0 amide bonds. The Balaban J connectivity index is 1.62. The number of benzene rings is 2. The summed E-state index contributed by atoms with van der Waals surface area (Å²) in [7, 11) is 3.26. The summed E-state index contributed by atoms with van der Waals surface area (Å²) >= 11 is 1.62. The molecule has 0 radical (unpaired) electrons. The third kappa shape index (κ3) is 2.89. The number of thiophene rings is 1. The lowest BCUT2D eigenvalue weighted by atomic mass is 9.95. The van der Waals surface area contributed by atoms with Crippen molar-refractivity contribution in [2.45, 2.75) is 18.7 Å². The van der Waals surface area contributed by atoms with Crippen molar-refractivity contribution in [2.75, 3.05) is 14.2 Å². The molecule has 0 saturated heterocycles. The van der Waals surface area contributed by atoms with E-state index in [1.165, 1.54) is 0 Å². The Morgan fingerprint density at radius 1 is 1.17 bits per heavy atom. The first kappa shape index (κ1) is 17.9. The molecule has 0 aliphatic carbocycles. The Hall–Kier alpha value is -3.19. The molecule has 2 aliphatic heterocycles. The van der Waals surface area contributed by atoms with Crippen LogP contribution in [0.15, 0.2) is 58.3 Å². The molecule has 0 unspecified atom stereocenters. The number of phenolic OH excluding ortho intramolecular Hbond substituents is 1. The van der Waals surface area contributed by atoms with Gasteiger partial charge in [-0.1, -0.05) is 12.1 Å². The van der Waals surface area contributed by atoms with Gasteiger partial charge in [0.25, 0.3) is 0 Å². The van der Waals surface area contributed by atoms with Crippen LogP contribution in [0.2, 0.25) is 0 Å². The van der Waals surface area contributed by atoms with Gasteiger partial charge in [0, 0.05) is 23.1 Å². The lowest BCUT2D eigenvalue weighted by Crippen LogP contribution is -2.33. The molecule has 3 heterocycles. The highest BCUT2D eigenvalue weighted by Gasteiger charge is 2.42. The Kier molecular flexibility index (Phi) is 4.32. The van der Waals surface area contributed by atoms with Gasteiger partial charge >= 0.3 is 0 Å². The second-order valence-electron chi connectivity index (χ2n) is 6.94. The number of fused-ring (bicyclic) bond motifs is 3. The predicted molar refractivity (Wildman–Crippen MR) is 111 cm³/mol. The van der Waals surface area contributed by atoms with Gasteiger partial charge in [-0.2, -0.15) is 16.4 Å². The van der Waals surface area contributed by atoms with Crippen molar-refractivity contribution in [3.05, 3.63) is 69.9 Å². The van der Waals surface area contributed by atoms with Gasteiger partial charge in [0.1, 0.15) is 11.5 Å². The monoisotopic (exact) mass is 408 g/mol. The summed E-state index contributed by atoms with van der Waals surface area (Å²) in [5.41, 5.74) is 3.53. The van der Waals surface area contributed by atoms with E-state index in [1.54, 1.807) is 37.7 Å². The Morgan fingerprint density at radius 3 is 2.83 bits per heavy atom. The van der Waals surface area contributed by atoms with Gasteiger partial charge in [-0.15, -0.1) is 0 Å². The van der Waals surface area contributed by atoms with Crippen molar-refractivity contribution < 1.29 is 19.3 Å². The number of rotatable bonds is 4. The fourth-order valence-electron chi connectivity index (χ4n) is 3.92. The second kappa shape index (κ2) is 7.00. The van der Waals surface area contributed by atoms with Gasteiger partial charge in [-0.05, 0) is 41.1 Å². The summed E-state index contributed by atoms with van der Waals surface area (Å²) in [5.74, 6) is 2.32. The van der Waals surface area contributed by atoms with Gasteiger partial charge in [0.2, 0.25) is 6.23 Å². The van der Waals surface area contributed by atoms with Crippen LogP contribution in [-0.2, 0) is 0 Å². The number of nitrogens with zero attached hydrogens (tertiary/aromatic N) is 2. The largest absolute Gasteiger partial charge is 0.507 e. The van der Waals surface area contributed by atoms with Crippen LogP contribution in [-0.4, -0.2) is 30.0 Å². The molecule has 1 aromatic heterocycles. The van der Waals surface area contributed by atoms with Crippen molar-refractivity contribution in [1.29, 1.82) is 0 Å². The standard InChI is InChI=1S/C22H20N2O4S/c1-26-14-6-7-19(25)16(10-14)17-11-18-15-4-3-5-20(27-2)21(15)28-22(24(18)23-17)13-8-9-29-12-13/h3-10,12,18,22,25H,11H2,1-2H3/t18-,22+/m1/s1. The fourth-order valence-corrected chi connectivity index (χ4v) is 4.58. The maximum atomic E-state index is 10.4. The summed E-state index contributed by atoms with van der Waals surface area (Å²) in [6.07, 6.45) is 0.283. The maximum Gasteiger partial charge on any atom is 0.214 e. The molecule has 5 rings (SSSR count). The zero-order valence-electron chi connectivity index (χ0n) is 16.0. The molecule has 0 spiro atoms. The predicted octanol–water partition coefficient (Wildman–Crippen LogP) is 4.71. The molecular weight excluding hydrogens is 388 g/mol. The maximum absolute atomic E-state index is 10.4. The number of methoxy groups -OCH3 is 2. The van der Waals surface area contributed by atoms with Gasteiger partial charge in [-0.25, -0.2) is 5.01 Å². The minimum absolute atomic E-state index is 0.0145. The highest BCUT2D eigenvalue weighted by Crippen LogP contribution is 2.51. The molecule has 6 nitrogen and oxygen atoms in total. The molecule has 7 heteroatoms. The molecule has 2 aromatic carbocycles. The number of hydrazone groups is 1. The summed E-state index contributed by atoms with van der Waals surface area (Å²) in [5, 5.41) is 21.4. The molecule has 2 atom stereocenters. The zero-order valence-corrected chi connectivity index (χ0v) is 16.8. The second-order valence-corrected chi connectivity index (χ2v) is 7.72. The van der Waals surface area contributed by atoms with E-state index in [1.807, 2.05) is 40.7 Å². The van der Waals surface area contributed by atoms with Crippen LogP contribution >= 0.6 is 11.3 Å². The Bertz CT molecular complexity index is 1080. The van der Waals surface area contributed by atoms with E-state index in [0.717, 1.165) is 22.6 Å². The van der Waals surface area contributed by atoms with Crippen LogP contribution in [0.4, 0.5) is 0 Å². The van der Waals surface area contributed by atoms with Crippen molar-refractivity contribution in [1.82, 2.24) is 5.01 Å². The van der Waals surface area contributed by atoms with Gasteiger partial charge < -0.3 is 19.3 Å². The molecule has 3 aromatic rings. The van der Waals surface area contributed by atoms with E-state index in [0.29, 0.717) is 23.5 Å². The highest BCUT2D eigenvalue weighted by atomic mass is 32.1. The van der Waals surface area contributed by atoms with Crippen LogP contribution < -0.4 is 14.2 Å². The number of para-hydroxylation sites is 1. The number of hydrogen-bond acceptors (Lipinski definition) is 7. The summed E-state index contributed by atoms with van der Waals surface area (Å²) in [4.78, 5) is 0. The molecule has 29 heavy (non-hydrogen) atoms. The minimum Gasteiger partial charge on any atom is -0.507 e. The van der Waals surface area contributed by atoms with Gasteiger partial charge in [0.05, 0.1) is 26.0 Å². The lowest BCUT2D eigenvalue weighted by Gasteiger charge is -2.38. The molecule has 1 N–H and O–H groups in total. The van der Waals surface area contributed by atoms with Crippen LogP contribution in [0.5, 0.6) is 23.0 Å². The van der Waals surface area contributed by atoms with E-state index in [4.69, 9.17) is 19.3 Å². The van der Waals surface area contributed by atoms with Crippen LogP contribution in [0.3, 0.4) is 0 Å². The molecular formula is C22H20N2O4S. The SMILES string of the molecule is COc1ccc(O)c(C2=NN3[C@H](C2)c2cccc(OC)c2O[C@H]3c2ccsc2)c1. The van der Waals surface area contributed by atoms with Crippen molar-refractivity contribution in [3.8, 4) is 23.0 Å². The molecule has 148 valence electrons. The first-order chi connectivity index (χ1) is 14.2. The summed E-state index contributed by atoms with van der Waals surface area (Å²) < 4.78 is 17.3. The minimum atomic E-state index is -0.361. The number of phenols is 1. The van der Waals surface area contributed by atoms with Crippen molar-refractivity contribution in [3.63, 3.8) is 0 Å². The van der Waals surface area contributed by atoms with E-state index in [9.17, 15) is 5.11 Å². The first-order valence-electron chi connectivity index (χ1n) is 9.28. The smallest absolute Gasteiger partial charge is 0.214 e. The number of hydrogen-bond donors (Lipinski definition) is 1. The average molecular weight is 408 g/mol. The third-order valence-corrected chi connectivity index (χ3v) is 6.04. The third-order valence-electron chi connectivity index (χ3n) is 5.34. The average Bonchev–Trinajstić information content (AvgIpc) is 3.43. The summed E-state index contributed by atoms with van der Waals surface area (Å²) in [6.45, 7) is 0. The van der Waals surface area contributed by atoms with E-state index >= 15 is 0 Å². The number of ether oxygens (including phenoxy) is 3. The lowest BCUT2D eigenvalue weighted by molar-refractivity contribution is -0.0206. The Morgan fingerprint density at radius 2 is 2.07 bits per heavy atom. The molecule has 0 bridgehead atoms. The highest BCUT2D eigenvalue weighted by molar-refractivity contribution is 7.07. The topological polar surface area (TPSA) is 63.5 Å². The molecule has 0 fully saturated rings. The van der Waals surface area contributed by atoms with E-state index in [-0.39, 0.29) is 18.0 Å². The quantitative estimate of drug-likeness (QED) is 0.677. The van der Waals surface area contributed by atoms with Crippen LogP contribution in [0, 0.1) is 0 Å². The van der Waals surface area contributed by atoms with E-state index < -0.39 is 0 Å². The number of aromatic hydroxyl groups is 1. The van der Waals surface area contributed by atoms with Gasteiger partial charge in [0.15, 0.2) is 11.5 Å². The normalized spacial score (nSPS) is 19.8. The van der Waals surface area contributed by atoms with Gasteiger partial charge in [-0.3, -0.25) is 0 Å². The molecule has 2 aliphatic rings. The fraction of sp³-hybridized carbons (Fsp3) is 0.227. The summed E-state index contributed by atoms with van der Waals surface area (Å²) in [6, 6.07) is 13.1. The first-order valence-corrected chi connectivity index (χ1v) is 10.2. The van der Waals surface area contributed by atoms with Crippen LogP contribution in [0.25, 0.3) is 0 Å². The molecule has 0 saturated carbocycles. The van der Waals surface area contributed by atoms with Crippen molar-refractivity contribution in [2.24, 2.45) is 5.10 Å². The van der Waals surface area contributed by atoms with E-state index in [2.05, 4.69) is 5.38 Å². The zero-order chi connectivity index (χ0) is 20.0. The van der Waals surface area contributed by atoms with Crippen LogP contribution in [0.1, 0.15) is 35.4 Å². The van der Waals surface area contributed by atoms with Crippen molar-refractivity contribution >= 4 is 17.0 Å². The Labute approximate surface area is 172 Å².